The van der Waals surface area contributed by atoms with Gasteiger partial charge in [0.15, 0.2) is 6.17 Å². The fraction of sp³-hybridized carbons (Fsp3) is 0.583. The summed E-state index contributed by atoms with van der Waals surface area (Å²) in [6.07, 6.45) is 1.30. The minimum absolute atomic E-state index is 0.0151. The van der Waals surface area contributed by atoms with E-state index in [4.69, 9.17) is 22.1 Å². The maximum Gasteiger partial charge on any atom is 0.326 e. The Kier molecular flexibility index (Phi) is 3.20. The fourth-order valence-electron chi connectivity index (χ4n) is 2.55. The van der Waals surface area contributed by atoms with Crippen molar-refractivity contribution in [3.05, 3.63) is 5.28 Å². The second-order valence-corrected chi connectivity index (χ2v) is 5.25. The molecule has 20 heavy (non-hydrogen) atoms. The molecule has 106 valence electrons. The summed E-state index contributed by atoms with van der Waals surface area (Å²) < 4.78 is 20.1. The molecule has 1 aromatic rings. The summed E-state index contributed by atoms with van der Waals surface area (Å²) in [5.41, 5.74) is 6.06. The number of ether oxygens (including phenoxy) is 1. The van der Waals surface area contributed by atoms with Crippen LogP contribution in [0.15, 0.2) is 4.99 Å². The van der Waals surface area contributed by atoms with Crippen LogP contribution in [-0.2, 0) is 4.74 Å². The normalized spacial score (nSPS) is 31.5. The molecule has 0 saturated carbocycles. The standard InChI is InChI=1S/C12H14ClFN5O/c1-3-6-5(2)7(14)11(20-6)19-4-16-8-9(15)17-12(13)18-10(8)19/h5-7,11H,3H2,1-2H3,(H2,15,17,18)/q+1/t5-,6+,7?,11+/m0/s1. The van der Waals surface area contributed by atoms with E-state index in [1.165, 1.54) is 4.90 Å². The van der Waals surface area contributed by atoms with Crippen molar-refractivity contribution in [1.82, 2.24) is 9.97 Å². The van der Waals surface area contributed by atoms with E-state index in [2.05, 4.69) is 21.3 Å². The first-order valence-electron chi connectivity index (χ1n) is 6.41. The zero-order valence-corrected chi connectivity index (χ0v) is 11.8. The van der Waals surface area contributed by atoms with Crippen LogP contribution in [0.4, 0.5) is 21.7 Å². The Morgan fingerprint density at radius 1 is 1.50 bits per heavy atom. The summed E-state index contributed by atoms with van der Waals surface area (Å²) in [4.78, 5) is 13.3. The van der Waals surface area contributed by atoms with E-state index in [1.54, 1.807) is 0 Å². The van der Waals surface area contributed by atoms with Gasteiger partial charge in [-0.3, -0.25) is 0 Å². The third-order valence-electron chi connectivity index (χ3n) is 3.70. The van der Waals surface area contributed by atoms with E-state index >= 15 is 0 Å². The van der Waals surface area contributed by atoms with Gasteiger partial charge in [0.1, 0.15) is 0 Å². The smallest absolute Gasteiger partial charge is 0.326 e. The van der Waals surface area contributed by atoms with Crippen LogP contribution in [0, 0.1) is 5.92 Å². The molecule has 2 aliphatic heterocycles. The largest absolute Gasteiger partial charge is 0.369 e. The first kappa shape index (κ1) is 13.4. The maximum atomic E-state index is 14.4. The molecule has 0 spiro atoms. The molecule has 6 nitrogen and oxygen atoms in total. The van der Waals surface area contributed by atoms with E-state index < -0.39 is 12.4 Å². The number of rotatable bonds is 2. The van der Waals surface area contributed by atoms with Gasteiger partial charge in [0, 0.05) is 5.92 Å². The Morgan fingerprint density at radius 3 is 2.90 bits per heavy atom. The number of nitrogens with two attached hydrogens (primary N) is 1. The average Bonchev–Trinajstić information content (AvgIpc) is 2.93. The predicted molar refractivity (Wildman–Crippen MR) is 74.0 cm³/mol. The molecular weight excluding hydrogens is 285 g/mol. The number of anilines is 2. The van der Waals surface area contributed by atoms with Gasteiger partial charge < -0.3 is 10.5 Å². The average molecular weight is 299 g/mol. The number of aromatic nitrogens is 2. The van der Waals surface area contributed by atoms with E-state index in [9.17, 15) is 4.39 Å². The van der Waals surface area contributed by atoms with Crippen molar-refractivity contribution in [3.8, 4) is 0 Å². The quantitative estimate of drug-likeness (QED) is 0.669. The molecule has 1 aromatic heterocycles. The summed E-state index contributed by atoms with van der Waals surface area (Å²) in [5.74, 6) is 0.271. The Hall–Kier alpha value is -1.56. The highest BCUT2D eigenvalue weighted by molar-refractivity contribution is 6.28. The van der Waals surface area contributed by atoms with Crippen LogP contribution in [-0.4, -0.2) is 34.8 Å². The highest BCUT2D eigenvalue weighted by Crippen LogP contribution is 2.41. The Balaban J connectivity index is 1.94. The lowest BCUT2D eigenvalue weighted by Gasteiger charge is -2.16. The molecule has 1 fully saturated rings. The predicted octanol–water partition coefficient (Wildman–Crippen LogP) is 2.18. The van der Waals surface area contributed by atoms with Crippen LogP contribution in [0.2, 0.25) is 5.28 Å². The molecular formula is C12H14ClFN5O+. The second-order valence-electron chi connectivity index (χ2n) is 4.91. The van der Waals surface area contributed by atoms with Gasteiger partial charge >= 0.3 is 11.5 Å². The minimum atomic E-state index is -1.16. The SMILES string of the molecule is CC[C@H]1O[C@@H](N2[C+]=Nc3c(N)nc(Cl)nc32)C(F)[C@H]1C. The molecule has 4 atom stereocenters. The lowest BCUT2D eigenvalue weighted by Crippen LogP contribution is -2.39. The van der Waals surface area contributed by atoms with Crippen molar-refractivity contribution in [2.75, 3.05) is 10.6 Å². The number of fused-ring (bicyclic) bond motifs is 1. The molecule has 0 radical (unpaired) electrons. The number of nitrogen functional groups attached to an aromatic ring is 1. The van der Waals surface area contributed by atoms with Gasteiger partial charge in [0.05, 0.1) is 6.10 Å². The van der Waals surface area contributed by atoms with E-state index in [0.717, 1.165) is 6.42 Å². The van der Waals surface area contributed by atoms with Crippen molar-refractivity contribution >= 4 is 35.3 Å². The van der Waals surface area contributed by atoms with Crippen molar-refractivity contribution < 1.29 is 9.13 Å². The second kappa shape index (κ2) is 4.77. The van der Waals surface area contributed by atoms with Crippen molar-refractivity contribution in [2.24, 2.45) is 10.9 Å². The lowest BCUT2D eigenvalue weighted by atomic mass is 10.00. The summed E-state index contributed by atoms with van der Waals surface area (Å²) >= 11 is 5.79. The van der Waals surface area contributed by atoms with Gasteiger partial charge in [-0.1, -0.05) is 13.8 Å². The molecule has 0 aromatic carbocycles. The molecule has 2 N–H and O–H groups in total. The third kappa shape index (κ3) is 1.90. The molecule has 3 heterocycles. The Bertz CT molecular complexity index is 569. The van der Waals surface area contributed by atoms with E-state index in [1.807, 2.05) is 13.8 Å². The van der Waals surface area contributed by atoms with Gasteiger partial charge in [-0.2, -0.15) is 4.98 Å². The molecule has 0 amide bonds. The monoisotopic (exact) mass is 298 g/mol. The van der Waals surface area contributed by atoms with Crippen molar-refractivity contribution in [1.29, 1.82) is 0 Å². The number of aliphatic imine (C=N–C) groups is 1. The number of alkyl halides is 1. The van der Waals surface area contributed by atoms with Crippen LogP contribution < -0.4 is 10.6 Å². The van der Waals surface area contributed by atoms with Gasteiger partial charge in [0.25, 0.3) is 6.34 Å². The highest BCUT2D eigenvalue weighted by Gasteiger charge is 2.51. The van der Waals surface area contributed by atoms with Crippen LogP contribution in [0.25, 0.3) is 0 Å². The zero-order chi connectivity index (χ0) is 14.4. The lowest BCUT2D eigenvalue weighted by molar-refractivity contribution is 0.0301. The van der Waals surface area contributed by atoms with Crippen LogP contribution in [0.5, 0.6) is 0 Å². The van der Waals surface area contributed by atoms with Gasteiger partial charge in [0.2, 0.25) is 17.3 Å². The van der Waals surface area contributed by atoms with Gasteiger partial charge in [-0.25, -0.2) is 4.39 Å². The number of hydrogen-bond donors (Lipinski definition) is 1. The number of hydrogen-bond acceptors (Lipinski definition) is 6. The highest BCUT2D eigenvalue weighted by atomic mass is 35.5. The van der Waals surface area contributed by atoms with Crippen LogP contribution in [0.3, 0.4) is 0 Å². The Labute approximate surface area is 120 Å². The van der Waals surface area contributed by atoms with Crippen LogP contribution >= 0.6 is 11.6 Å². The minimum Gasteiger partial charge on any atom is -0.369 e. The molecule has 2 aliphatic rings. The fourth-order valence-corrected chi connectivity index (χ4v) is 2.72. The third-order valence-corrected chi connectivity index (χ3v) is 3.86. The Morgan fingerprint density at radius 2 is 2.25 bits per heavy atom. The van der Waals surface area contributed by atoms with Crippen molar-refractivity contribution in [3.63, 3.8) is 0 Å². The molecule has 0 aliphatic carbocycles. The number of nitrogens with zero attached hydrogens (tertiary/aromatic N) is 4. The van der Waals surface area contributed by atoms with E-state index in [0.29, 0.717) is 11.5 Å². The molecule has 1 saturated heterocycles. The zero-order valence-electron chi connectivity index (χ0n) is 11.0. The molecule has 1 unspecified atom stereocenters. The maximum absolute atomic E-state index is 14.4. The number of halogens is 2. The molecule has 0 bridgehead atoms. The summed E-state index contributed by atoms with van der Waals surface area (Å²) in [5, 5.41) is -0.0151. The first-order valence-corrected chi connectivity index (χ1v) is 6.79. The molecule has 3 rings (SSSR count). The molecule has 8 heteroatoms. The summed E-state index contributed by atoms with van der Waals surface area (Å²) in [6, 6.07) is 0. The van der Waals surface area contributed by atoms with E-state index in [-0.39, 0.29) is 23.1 Å². The van der Waals surface area contributed by atoms with Crippen molar-refractivity contribution in [2.45, 2.75) is 38.8 Å². The summed E-state index contributed by atoms with van der Waals surface area (Å²) in [7, 11) is 0. The van der Waals surface area contributed by atoms with Gasteiger partial charge in [-0.15, -0.1) is 9.88 Å². The van der Waals surface area contributed by atoms with Gasteiger partial charge in [-0.05, 0) is 23.0 Å². The topological polar surface area (TPSA) is 76.6 Å². The first-order chi connectivity index (χ1) is 9.52. The summed E-state index contributed by atoms with van der Waals surface area (Å²) in [6.45, 7) is 3.79. The van der Waals surface area contributed by atoms with Crippen LogP contribution in [0.1, 0.15) is 20.3 Å².